The second-order valence-corrected chi connectivity index (χ2v) is 3.53. The van der Waals surface area contributed by atoms with Crippen molar-refractivity contribution in [3.8, 4) is 12.0 Å². The van der Waals surface area contributed by atoms with Gasteiger partial charge < -0.3 is 9.47 Å². The van der Waals surface area contributed by atoms with Crippen LogP contribution in [0.1, 0.15) is 36.5 Å². The molecule has 0 saturated heterocycles. The molecular weight excluding hydrogens is 218 g/mol. The van der Waals surface area contributed by atoms with E-state index in [0.717, 1.165) is 19.3 Å². The van der Waals surface area contributed by atoms with Crippen LogP contribution in [-0.2, 0) is 4.74 Å². The lowest BCUT2D eigenvalue weighted by molar-refractivity contribution is 0.0495. The predicted molar refractivity (Wildman–Crippen MR) is 62.5 cm³/mol. The van der Waals surface area contributed by atoms with Crippen molar-refractivity contribution in [3.63, 3.8) is 0 Å². The molecule has 1 rings (SSSR count). The van der Waals surface area contributed by atoms with Crippen LogP contribution < -0.4 is 4.74 Å². The molecule has 0 amide bonds. The maximum absolute atomic E-state index is 11.7. The number of carbonyl (C=O) groups excluding carboxylic acids is 1. The summed E-state index contributed by atoms with van der Waals surface area (Å²) in [5.74, 6) is -0.220. The van der Waals surface area contributed by atoms with Crippen LogP contribution in [-0.4, -0.2) is 12.6 Å². The summed E-state index contributed by atoms with van der Waals surface area (Å²) in [5, 5.41) is 8.45. The Hall–Kier alpha value is -2.02. The smallest absolute Gasteiger partial charge is 0.341 e. The van der Waals surface area contributed by atoms with Crippen molar-refractivity contribution >= 4 is 5.97 Å². The minimum Gasteiger partial charge on any atom is -0.462 e. The lowest BCUT2D eigenvalue weighted by Gasteiger charge is -2.06. The molecule has 1 aromatic rings. The Morgan fingerprint density at radius 3 is 2.82 bits per heavy atom. The highest BCUT2D eigenvalue weighted by atomic mass is 16.5. The molecule has 0 aliphatic rings. The summed E-state index contributed by atoms with van der Waals surface area (Å²) in [6.07, 6.45) is 4.51. The van der Waals surface area contributed by atoms with E-state index in [1.807, 2.05) is 0 Å². The molecule has 0 spiro atoms. The van der Waals surface area contributed by atoms with Crippen LogP contribution in [0.2, 0.25) is 0 Å². The van der Waals surface area contributed by atoms with Crippen LogP contribution in [0.3, 0.4) is 0 Å². The lowest BCUT2D eigenvalue weighted by Crippen LogP contribution is -2.07. The minimum atomic E-state index is -0.452. The van der Waals surface area contributed by atoms with E-state index in [2.05, 4.69) is 6.92 Å². The highest BCUT2D eigenvalue weighted by Gasteiger charge is 2.13. The summed E-state index contributed by atoms with van der Waals surface area (Å²) in [7, 11) is 0. The van der Waals surface area contributed by atoms with Crippen molar-refractivity contribution in [1.29, 1.82) is 5.26 Å². The number of unbranched alkanes of at least 4 members (excludes halogenated alkanes) is 2. The standard InChI is InChI=1S/C13H15NO3/c1-2-3-6-9-16-13(15)11-7-4-5-8-12(11)17-10-14/h4-5,7-8H,2-3,6,9H2,1H3. The van der Waals surface area contributed by atoms with Gasteiger partial charge in [-0.15, -0.1) is 5.26 Å². The van der Waals surface area contributed by atoms with E-state index < -0.39 is 5.97 Å². The number of para-hydroxylation sites is 1. The minimum absolute atomic E-state index is 0.232. The zero-order valence-electron chi connectivity index (χ0n) is 9.81. The third kappa shape index (κ3) is 4.15. The molecule has 0 unspecified atom stereocenters. The second-order valence-electron chi connectivity index (χ2n) is 3.53. The fraction of sp³-hybridized carbons (Fsp3) is 0.385. The van der Waals surface area contributed by atoms with Crippen molar-refractivity contribution in [2.45, 2.75) is 26.2 Å². The SMILES string of the molecule is CCCCCOC(=O)c1ccccc1OC#N. The molecule has 0 radical (unpaired) electrons. The Bertz CT molecular complexity index is 409. The average Bonchev–Trinajstić information content (AvgIpc) is 2.35. The van der Waals surface area contributed by atoms with E-state index in [-0.39, 0.29) is 11.3 Å². The Morgan fingerprint density at radius 1 is 1.35 bits per heavy atom. The van der Waals surface area contributed by atoms with Gasteiger partial charge in [-0.2, -0.15) is 0 Å². The lowest BCUT2D eigenvalue weighted by atomic mass is 10.2. The highest BCUT2D eigenvalue weighted by Crippen LogP contribution is 2.18. The fourth-order valence-electron chi connectivity index (χ4n) is 1.37. The van der Waals surface area contributed by atoms with E-state index in [1.165, 1.54) is 0 Å². The number of benzene rings is 1. The molecule has 0 atom stereocenters. The molecule has 4 nitrogen and oxygen atoms in total. The van der Waals surface area contributed by atoms with Gasteiger partial charge >= 0.3 is 5.97 Å². The number of hydrogen-bond donors (Lipinski definition) is 0. The van der Waals surface area contributed by atoms with Gasteiger partial charge in [-0.25, -0.2) is 4.79 Å². The van der Waals surface area contributed by atoms with Crippen molar-refractivity contribution in [2.75, 3.05) is 6.61 Å². The van der Waals surface area contributed by atoms with Crippen LogP contribution >= 0.6 is 0 Å². The summed E-state index contributed by atoms with van der Waals surface area (Å²) in [6.45, 7) is 2.48. The van der Waals surface area contributed by atoms with Gasteiger partial charge in [-0.3, -0.25) is 0 Å². The Balaban J connectivity index is 2.59. The van der Waals surface area contributed by atoms with Gasteiger partial charge in [0.2, 0.25) is 0 Å². The first-order valence-corrected chi connectivity index (χ1v) is 5.61. The quantitative estimate of drug-likeness (QED) is 0.430. The van der Waals surface area contributed by atoms with Crippen molar-refractivity contribution < 1.29 is 14.3 Å². The summed E-state index contributed by atoms with van der Waals surface area (Å²) < 4.78 is 9.78. The second kappa shape index (κ2) is 7.29. The van der Waals surface area contributed by atoms with E-state index in [4.69, 9.17) is 14.7 Å². The van der Waals surface area contributed by atoms with Gasteiger partial charge in [-0.05, 0) is 18.6 Å². The highest BCUT2D eigenvalue weighted by molar-refractivity contribution is 5.92. The first-order valence-electron chi connectivity index (χ1n) is 5.61. The summed E-state index contributed by atoms with van der Waals surface area (Å²) in [5.41, 5.74) is 0.283. The number of rotatable bonds is 6. The molecule has 0 saturated carbocycles. The normalized spacial score (nSPS) is 9.41. The Kier molecular flexibility index (Phi) is 5.59. The molecule has 90 valence electrons. The van der Waals surface area contributed by atoms with Gasteiger partial charge in [0.15, 0.2) is 5.75 Å². The van der Waals surface area contributed by atoms with E-state index in [9.17, 15) is 4.79 Å². The first-order chi connectivity index (χ1) is 8.29. The van der Waals surface area contributed by atoms with E-state index in [1.54, 1.807) is 30.5 Å². The zero-order chi connectivity index (χ0) is 12.5. The third-order valence-corrected chi connectivity index (χ3v) is 2.24. The van der Waals surface area contributed by atoms with Gasteiger partial charge in [0.25, 0.3) is 6.26 Å². The summed E-state index contributed by atoms with van der Waals surface area (Å²) in [6, 6.07) is 6.54. The summed E-state index contributed by atoms with van der Waals surface area (Å²) >= 11 is 0. The molecule has 0 aliphatic heterocycles. The van der Waals surface area contributed by atoms with Crippen molar-refractivity contribution in [1.82, 2.24) is 0 Å². The first kappa shape index (κ1) is 13.0. The van der Waals surface area contributed by atoms with E-state index in [0.29, 0.717) is 6.61 Å². The number of carbonyl (C=O) groups is 1. The van der Waals surface area contributed by atoms with Gasteiger partial charge in [-0.1, -0.05) is 31.9 Å². The monoisotopic (exact) mass is 233 g/mol. The van der Waals surface area contributed by atoms with Crippen molar-refractivity contribution in [3.05, 3.63) is 29.8 Å². The zero-order valence-corrected chi connectivity index (χ0v) is 9.81. The molecule has 0 aromatic heterocycles. The Labute approximate surface area is 101 Å². The maximum atomic E-state index is 11.7. The van der Waals surface area contributed by atoms with Crippen molar-refractivity contribution in [2.24, 2.45) is 0 Å². The van der Waals surface area contributed by atoms with Crippen LogP contribution in [0.15, 0.2) is 24.3 Å². The molecule has 0 aliphatic carbocycles. The van der Waals surface area contributed by atoms with Crippen LogP contribution in [0.5, 0.6) is 5.75 Å². The number of nitrogens with zero attached hydrogens (tertiary/aromatic N) is 1. The molecule has 1 aromatic carbocycles. The van der Waals surface area contributed by atoms with Crippen LogP contribution in [0, 0.1) is 11.5 Å². The molecule has 4 heteroatoms. The predicted octanol–water partition coefficient (Wildman–Crippen LogP) is 2.89. The molecule has 0 fully saturated rings. The van der Waals surface area contributed by atoms with E-state index >= 15 is 0 Å². The Morgan fingerprint density at radius 2 is 2.12 bits per heavy atom. The largest absolute Gasteiger partial charge is 0.462 e. The number of esters is 1. The number of hydrogen-bond acceptors (Lipinski definition) is 4. The number of nitriles is 1. The van der Waals surface area contributed by atoms with Crippen LogP contribution in [0.25, 0.3) is 0 Å². The molecule has 0 heterocycles. The third-order valence-electron chi connectivity index (χ3n) is 2.24. The van der Waals surface area contributed by atoms with Gasteiger partial charge in [0.05, 0.1) is 6.61 Å². The summed E-state index contributed by atoms with van der Waals surface area (Å²) in [4.78, 5) is 11.7. The van der Waals surface area contributed by atoms with Gasteiger partial charge in [0.1, 0.15) is 5.56 Å². The molecule has 0 N–H and O–H groups in total. The maximum Gasteiger partial charge on any atom is 0.341 e. The topological polar surface area (TPSA) is 59.3 Å². The molecule has 17 heavy (non-hydrogen) atoms. The van der Waals surface area contributed by atoms with Crippen LogP contribution in [0.4, 0.5) is 0 Å². The molecule has 0 bridgehead atoms. The molecular formula is C13H15NO3. The fourth-order valence-corrected chi connectivity index (χ4v) is 1.37. The average molecular weight is 233 g/mol. The van der Waals surface area contributed by atoms with Gasteiger partial charge in [0, 0.05) is 0 Å². The number of ether oxygens (including phenoxy) is 2.